The summed E-state index contributed by atoms with van der Waals surface area (Å²) >= 11 is 17.5. The lowest BCUT2D eigenvalue weighted by Gasteiger charge is -2.30. The highest BCUT2D eigenvalue weighted by Crippen LogP contribution is 2.26. The van der Waals surface area contributed by atoms with Crippen molar-refractivity contribution in [2.75, 3.05) is 5.88 Å². The van der Waals surface area contributed by atoms with Gasteiger partial charge in [0.1, 0.15) is 0 Å². The third-order valence-corrected chi connectivity index (χ3v) is 5.99. The number of hydrogen-bond acceptors (Lipinski definition) is 2. The minimum atomic E-state index is -3.67. The van der Waals surface area contributed by atoms with Gasteiger partial charge in [-0.15, -0.1) is 11.6 Å². The molecular weight excluding hydrogens is 329 g/mol. The van der Waals surface area contributed by atoms with Crippen molar-refractivity contribution in [2.45, 2.75) is 37.1 Å². The maximum atomic E-state index is 12.3. The summed E-state index contributed by atoms with van der Waals surface area (Å²) in [5.74, 6) is 0.209. The molecule has 0 heterocycles. The van der Waals surface area contributed by atoms with Crippen LogP contribution in [0, 0.1) is 0 Å². The lowest BCUT2D eigenvalue weighted by atomic mass is 9.97. The summed E-state index contributed by atoms with van der Waals surface area (Å²) in [7, 11) is -3.67. The summed E-state index contributed by atoms with van der Waals surface area (Å²) in [6.45, 7) is 3.78. The van der Waals surface area contributed by atoms with Crippen molar-refractivity contribution in [1.29, 1.82) is 0 Å². The Balaban J connectivity index is 3.14. The number of nitrogens with one attached hydrogen (secondary N) is 1. The Morgan fingerprint density at radius 2 is 1.74 bits per heavy atom. The SMILES string of the molecule is CCC(CC)(CCl)NS(=O)(=O)c1ccc(Cl)c(Cl)c1. The van der Waals surface area contributed by atoms with Crippen LogP contribution in [0.2, 0.25) is 10.0 Å². The molecule has 1 rings (SSSR count). The van der Waals surface area contributed by atoms with Crippen molar-refractivity contribution in [2.24, 2.45) is 0 Å². The number of hydrogen-bond donors (Lipinski definition) is 1. The van der Waals surface area contributed by atoms with Crippen LogP contribution in [0.25, 0.3) is 0 Å². The summed E-state index contributed by atoms with van der Waals surface area (Å²) in [5, 5.41) is 0.518. The van der Waals surface area contributed by atoms with E-state index in [-0.39, 0.29) is 15.8 Å². The van der Waals surface area contributed by atoms with Gasteiger partial charge in [-0.05, 0) is 31.0 Å². The predicted octanol–water partition coefficient (Wildman–Crippen LogP) is 4.07. The molecule has 0 unspecified atom stereocenters. The quantitative estimate of drug-likeness (QED) is 0.791. The molecule has 1 N–H and O–H groups in total. The van der Waals surface area contributed by atoms with Gasteiger partial charge in [0.05, 0.1) is 14.9 Å². The van der Waals surface area contributed by atoms with E-state index in [2.05, 4.69) is 4.72 Å². The van der Waals surface area contributed by atoms with E-state index in [1.807, 2.05) is 13.8 Å². The lowest BCUT2D eigenvalue weighted by molar-refractivity contribution is 0.394. The van der Waals surface area contributed by atoms with Gasteiger partial charge in [0.2, 0.25) is 10.0 Å². The summed E-state index contributed by atoms with van der Waals surface area (Å²) in [5.41, 5.74) is -0.646. The first-order valence-electron chi connectivity index (χ1n) is 5.85. The van der Waals surface area contributed by atoms with Crippen molar-refractivity contribution in [1.82, 2.24) is 4.72 Å². The predicted molar refractivity (Wildman–Crippen MR) is 80.8 cm³/mol. The van der Waals surface area contributed by atoms with Crippen LogP contribution in [-0.2, 0) is 10.0 Å². The average molecular weight is 345 g/mol. The first-order chi connectivity index (χ1) is 8.80. The topological polar surface area (TPSA) is 46.2 Å². The Morgan fingerprint density at radius 1 is 1.16 bits per heavy atom. The fraction of sp³-hybridized carbons (Fsp3) is 0.500. The summed E-state index contributed by atoms with van der Waals surface area (Å²) in [4.78, 5) is 0.0818. The van der Waals surface area contributed by atoms with Crippen molar-refractivity contribution >= 4 is 44.8 Å². The molecule has 0 radical (unpaired) electrons. The standard InChI is InChI=1S/C12H16Cl3NO2S/c1-3-12(4-2,8-13)16-19(17,18)9-5-6-10(14)11(15)7-9/h5-7,16H,3-4,8H2,1-2H3. The van der Waals surface area contributed by atoms with Gasteiger partial charge >= 0.3 is 0 Å². The molecule has 19 heavy (non-hydrogen) atoms. The third-order valence-electron chi connectivity index (χ3n) is 3.16. The zero-order chi connectivity index (χ0) is 14.7. The molecule has 3 nitrogen and oxygen atoms in total. The van der Waals surface area contributed by atoms with Gasteiger partial charge in [-0.3, -0.25) is 0 Å². The highest BCUT2D eigenvalue weighted by atomic mass is 35.5. The lowest BCUT2D eigenvalue weighted by Crippen LogP contribution is -2.49. The monoisotopic (exact) mass is 343 g/mol. The number of benzene rings is 1. The molecule has 1 aromatic carbocycles. The zero-order valence-corrected chi connectivity index (χ0v) is 13.8. The Morgan fingerprint density at radius 3 is 2.16 bits per heavy atom. The second-order valence-corrected chi connectivity index (χ2v) is 7.07. The molecule has 1 aromatic rings. The number of alkyl halides is 1. The van der Waals surface area contributed by atoms with Crippen molar-refractivity contribution in [3.05, 3.63) is 28.2 Å². The molecule has 7 heteroatoms. The molecule has 0 amide bonds. The maximum absolute atomic E-state index is 12.3. The van der Waals surface area contributed by atoms with E-state index < -0.39 is 15.6 Å². The molecule has 0 aliphatic carbocycles. The van der Waals surface area contributed by atoms with Crippen molar-refractivity contribution in [3.8, 4) is 0 Å². The van der Waals surface area contributed by atoms with Crippen molar-refractivity contribution in [3.63, 3.8) is 0 Å². The molecule has 0 spiro atoms. The molecule has 0 aliphatic heterocycles. The van der Waals surface area contributed by atoms with E-state index in [4.69, 9.17) is 34.8 Å². The zero-order valence-electron chi connectivity index (χ0n) is 10.7. The Bertz CT molecular complexity index is 534. The van der Waals surface area contributed by atoms with Gasteiger partial charge in [0.25, 0.3) is 0 Å². The molecule has 0 saturated carbocycles. The molecule has 0 aliphatic rings. The molecule has 0 saturated heterocycles. The summed E-state index contributed by atoms with van der Waals surface area (Å²) < 4.78 is 27.3. The van der Waals surface area contributed by atoms with E-state index in [0.717, 1.165) is 0 Å². The number of rotatable bonds is 6. The highest BCUT2D eigenvalue weighted by molar-refractivity contribution is 7.89. The van der Waals surface area contributed by atoms with Gasteiger partial charge in [-0.25, -0.2) is 13.1 Å². The van der Waals surface area contributed by atoms with Crippen LogP contribution < -0.4 is 4.72 Å². The van der Waals surface area contributed by atoms with E-state index >= 15 is 0 Å². The van der Waals surface area contributed by atoms with Crippen LogP contribution >= 0.6 is 34.8 Å². The minimum Gasteiger partial charge on any atom is -0.207 e. The van der Waals surface area contributed by atoms with Gasteiger partial charge in [0.15, 0.2) is 0 Å². The Labute approximate surface area is 129 Å². The smallest absolute Gasteiger partial charge is 0.207 e. The van der Waals surface area contributed by atoms with E-state index in [0.29, 0.717) is 17.9 Å². The molecule has 0 atom stereocenters. The second-order valence-electron chi connectivity index (χ2n) is 4.30. The molecule has 0 aromatic heterocycles. The normalized spacial score (nSPS) is 12.7. The highest BCUT2D eigenvalue weighted by Gasteiger charge is 2.31. The maximum Gasteiger partial charge on any atom is 0.241 e. The molecule has 0 fully saturated rings. The largest absolute Gasteiger partial charge is 0.241 e. The number of halogens is 3. The average Bonchev–Trinajstić information content (AvgIpc) is 2.39. The Hall–Kier alpha value is -0.000000000000000111. The second kappa shape index (κ2) is 6.64. The van der Waals surface area contributed by atoms with Crippen LogP contribution in [0.5, 0.6) is 0 Å². The van der Waals surface area contributed by atoms with Gasteiger partial charge in [-0.2, -0.15) is 0 Å². The number of sulfonamides is 1. The van der Waals surface area contributed by atoms with E-state index in [1.54, 1.807) is 0 Å². The van der Waals surface area contributed by atoms with Gasteiger partial charge in [-0.1, -0.05) is 37.0 Å². The van der Waals surface area contributed by atoms with Crippen LogP contribution in [0.15, 0.2) is 23.1 Å². The molecule has 108 valence electrons. The third kappa shape index (κ3) is 3.99. The first-order valence-corrected chi connectivity index (χ1v) is 8.62. The van der Waals surface area contributed by atoms with Crippen LogP contribution in [-0.4, -0.2) is 19.8 Å². The Kier molecular flexibility index (Phi) is 5.96. The fourth-order valence-corrected chi connectivity index (χ4v) is 4.05. The first kappa shape index (κ1) is 17.1. The van der Waals surface area contributed by atoms with E-state index in [1.165, 1.54) is 18.2 Å². The summed E-state index contributed by atoms with van der Waals surface area (Å²) in [6.07, 6.45) is 1.21. The van der Waals surface area contributed by atoms with Crippen LogP contribution in [0.4, 0.5) is 0 Å². The van der Waals surface area contributed by atoms with Crippen LogP contribution in [0.1, 0.15) is 26.7 Å². The van der Waals surface area contributed by atoms with Crippen molar-refractivity contribution < 1.29 is 8.42 Å². The summed E-state index contributed by atoms with van der Waals surface area (Å²) in [6, 6.07) is 4.20. The molecule has 0 bridgehead atoms. The molecular formula is C12H16Cl3NO2S. The van der Waals surface area contributed by atoms with E-state index in [9.17, 15) is 8.42 Å². The van der Waals surface area contributed by atoms with Gasteiger partial charge in [0, 0.05) is 11.4 Å². The van der Waals surface area contributed by atoms with Crippen LogP contribution in [0.3, 0.4) is 0 Å². The fourth-order valence-electron chi connectivity index (χ4n) is 1.60. The van der Waals surface area contributed by atoms with Gasteiger partial charge < -0.3 is 0 Å². The minimum absolute atomic E-state index is 0.0818.